The Morgan fingerprint density at radius 2 is 1.32 bits per heavy atom. The molecule has 0 heterocycles. The van der Waals surface area contributed by atoms with Gasteiger partial charge in [0.25, 0.3) is 0 Å². The molecule has 3 nitrogen and oxygen atoms in total. The van der Waals surface area contributed by atoms with Gasteiger partial charge in [0.2, 0.25) is 0 Å². The molecule has 100 valence electrons. The van der Waals surface area contributed by atoms with Gasteiger partial charge in [-0.3, -0.25) is 4.79 Å². The van der Waals surface area contributed by atoms with Gasteiger partial charge < -0.3 is 9.47 Å². The van der Waals surface area contributed by atoms with Crippen LogP contribution in [0.4, 0.5) is 0 Å². The van der Waals surface area contributed by atoms with Crippen LogP contribution in [0.3, 0.4) is 0 Å². The lowest BCUT2D eigenvalue weighted by molar-refractivity contribution is -0.140. The number of ether oxygens (including phenoxy) is 2. The highest BCUT2D eigenvalue weighted by Gasteiger charge is 1.92. The summed E-state index contributed by atoms with van der Waals surface area (Å²) in [6.07, 6.45) is 0. The van der Waals surface area contributed by atoms with Crippen molar-refractivity contribution < 1.29 is 14.3 Å². The Hall–Kier alpha value is -2.29. The van der Waals surface area contributed by atoms with E-state index < -0.39 is 0 Å². The molecule has 0 aliphatic rings. The molecule has 2 rings (SSSR count). The normalized spacial score (nSPS) is 8.95. The van der Waals surface area contributed by atoms with Gasteiger partial charge >= 0.3 is 5.97 Å². The summed E-state index contributed by atoms with van der Waals surface area (Å²) in [5.74, 6) is 1.53. The summed E-state index contributed by atoms with van der Waals surface area (Å²) >= 11 is 0. The summed E-state index contributed by atoms with van der Waals surface area (Å²) in [7, 11) is 0. The second-order valence-corrected chi connectivity index (χ2v) is 3.65. The minimum Gasteiger partial charge on any atom is -0.466 e. The van der Waals surface area contributed by atoms with Crippen LogP contribution in [0.15, 0.2) is 60.7 Å². The van der Waals surface area contributed by atoms with Crippen LogP contribution in [0.2, 0.25) is 0 Å². The number of hydrogen-bond donors (Lipinski definition) is 0. The van der Waals surface area contributed by atoms with Gasteiger partial charge in [-0.05, 0) is 31.2 Å². The Morgan fingerprint density at radius 3 is 1.58 bits per heavy atom. The molecule has 0 aliphatic carbocycles. The topological polar surface area (TPSA) is 35.5 Å². The number of hydrogen-bond acceptors (Lipinski definition) is 3. The van der Waals surface area contributed by atoms with Crippen molar-refractivity contribution in [1.29, 1.82) is 0 Å². The minimum absolute atomic E-state index is 0.211. The standard InChI is InChI=1S/C12H10O.C4H8O2/c1-3-7-11(8-4-1)13-12-9-5-2-6-10-12;1-3-6-4(2)5/h1-10H;3H2,1-2H3. The molecule has 0 unspecified atom stereocenters. The molecule has 0 radical (unpaired) electrons. The van der Waals surface area contributed by atoms with E-state index in [-0.39, 0.29) is 5.97 Å². The van der Waals surface area contributed by atoms with Crippen LogP contribution in [-0.4, -0.2) is 12.6 Å². The average molecular weight is 258 g/mol. The zero-order valence-corrected chi connectivity index (χ0v) is 11.2. The quantitative estimate of drug-likeness (QED) is 0.779. The monoisotopic (exact) mass is 258 g/mol. The Morgan fingerprint density at radius 1 is 0.895 bits per heavy atom. The van der Waals surface area contributed by atoms with E-state index in [1.165, 1.54) is 6.92 Å². The van der Waals surface area contributed by atoms with Gasteiger partial charge in [0.1, 0.15) is 11.5 Å². The molecule has 0 saturated heterocycles. The SMILES string of the molecule is CCOC(C)=O.c1ccc(Oc2ccccc2)cc1. The highest BCUT2D eigenvalue weighted by molar-refractivity contribution is 5.65. The molecule has 0 amide bonds. The predicted molar refractivity (Wildman–Crippen MR) is 75.3 cm³/mol. The fourth-order valence-electron chi connectivity index (χ4n) is 1.32. The summed E-state index contributed by atoms with van der Waals surface area (Å²) < 4.78 is 9.98. The minimum atomic E-state index is -0.211. The maximum absolute atomic E-state index is 9.82. The molecule has 2 aromatic carbocycles. The summed E-state index contributed by atoms with van der Waals surface area (Å²) in [5, 5.41) is 0. The summed E-state index contributed by atoms with van der Waals surface area (Å²) in [4.78, 5) is 9.82. The van der Waals surface area contributed by atoms with Crippen molar-refractivity contribution in [2.45, 2.75) is 13.8 Å². The molecule has 0 aromatic heterocycles. The third-order valence-electron chi connectivity index (χ3n) is 2.07. The first kappa shape index (κ1) is 14.8. The van der Waals surface area contributed by atoms with Crippen molar-refractivity contribution in [2.75, 3.05) is 6.61 Å². The number of benzene rings is 2. The molecule has 0 fully saturated rings. The molecule has 0 saturated carbocycles. The van der Waals surface area contributed by atoms with Crippen LogP contribution < -0.4 is 4.74 Å². The molecule has 0 bridgehead atoms. The van der Waals surface area contributed by atoms with E-state index >= 15 is 0 Å². The van der Waals surface area contributed by atoms with E-state index in [1.54, 1.807) is 6.92 Å². The van der Waals surface area contributed by atoms with E-state index in [0.717, 1.165) is 11.5 Å². The first-order chi connectivity index (χ1) is 9.22. The van der Waals surface area contributed by atoms with E-state index in [0.29, 0.717) is 6.61 Å². The van der Waals surface area contributed by atoms with Crippen molar-refractivity contribution in [3.05, 3.63) is 60.7 Å². The van der Waals surface area contributed by atoms with Gasteiger partial charge in [-0.1, -0.05) is 36.4 Å². The highest BCUT2D eigenvalue weighted by Crippen LogP contribution is 2.19. The van der Waals surface area contributed by atoms with E-state index in [2.05, 4.69) is 4.74 Å². The predicted octanol–water partition coefficient (Wildman–Crippen LogP) is 4.05. The largest absolute Gasteiger partial charge is 0.466 e. The fourth-order valence-corrected chi connectivity index (χ4v) is 1.32. The molecule has 0 N–H and O–H groups in total. The zero-order valence-electron chi connectivity index (χ0n) is 11.2. The Bertz CT molecular complexity index is 428. The number of esters is 1. The van der Waals surface area contributed by atoms with E-state index in [9.17, 15) is 4.79 Å². The summed E-state index contributed by atoms with van der Waals surface area (Å²) in [6, 6.07) is 19.5. The lowest BCUT2D eigenvalue weighted by Crippen LogP contribution is -1.95. The van der Waals surface area contributed by atoms with Crippen LogP contribution >= 0.6 is 0 Å². The van der Waals surface area contributed by atoms with Crippen LogP contribution in [0.5, 0.6) is 11.5 Å². The molecule has 0 spiro atoms. The molecular formula is C16H18O3. The van der Waals surface area contributed by atoms with Crippen molar-refractivity contribution >= 4 is 5.97 Å². The third kappa shape index (κ3) is 6.88. The van der Waals surface area contributed by atoms with Crippen molar-refractivity contribution in [3.8, 4) is 11.5 Å². The highest BCUT2D eigenvalue weighted by atomic mass is 16.5. The van der Waals surface area contributed by atoms with Crippen LogP contribution in [-0.2, 0) is 9.53 Å². The van der Waals surface area contributed by atoms with Gasteiger partial charge in [-0.25, -0.2) is 0 Å². The van der Waals surface area contributed by atoms with Crippen LogP contribution in [0.1, 0.15) is 13.8 Å². The molecule has 0 aliphatic heterocycles. The fraction of sp³-hybridized carbons (Fsp3) is 0.188. The number of carbonyl (C=O) groups excluding carboxylic acids is 1. The number of carbonyl (C=O) groups is 1. The summed E-state index contributed by atoms with van der Waals surface area (Å²) in [6.45, 7) is 3.65. The Kier molecular flexibility index (Phi) is 6.80. The molecule has 19 heavy (non-hydrogen) atoms. The van der Waals surface area contributed by atoms with E-state index in [1.807, 2.05) is 60.7 Å². The van der Waals surface area contributed by atoms with Crippen molar-refractivity contribution in [1.82, 2.24) is 0 Å². The Balaban J connectivity index is 0.000000258. The van der Waals surface area contributed by atoms with Gasteiger partial charge in [-0.2, -0.15) is 0 Å². The summed E-state index contributed by atoms with van der Waals surface area (Å²) in [5.41, 5.74) is 0. The van der Waals surface area contributed by atoms with Crippen LogP contribution in [0.25, 0.3) is 0 Å². The maximum atomic E-state index is 9.82. The number of rotatable bonds is 3. The lowest BCUT2D eigenvalue weighted by Gasteiger charge is -2.03. The van der Waals surface area contributed by atoms with Crippen molar-refractivity contribution in [2.24, 2.45) is 0 Å². The molecule has 0 atom stereocenters. The second-order valence-electron chi connectivity index (χ2n) is 3.65. The second kappa shape index (κ2) is 8.75. The molecule has 3 heteroatoms. The smallest absolute Gasteiger partial charge is 0.302 e. The molecule has 2 aromatic rings. The van der Waals surface area contributed by atoms with Gasteiger partial charge in [0, 0.05) is 6.92 Å². The average Bonchev–Trinajstić information content (AvgIpc) is 2.41. The molecular weight excluding hydrogens is 240 g/mol. The van der Waals surface area contributed by atoms with Gasteiger partial charge in [0.15, 0.2) is 0 Å². The Labute approximate surface area is 113 Å². The maximum Gasteiger partial charge on any atom is 0.302 e. The zero-order chi connectivity index (χ0) is 13.9. The lowest BCUT2D eigenvalue weighted by atomic mass is 10.3. The van der Waals surface area contributed by atoms with Crippen molar-refractivity contribution in [3.63, 3.8) is 0 Å². The first-order valence-electron chi connectivity index (χ1n) is 6.13. The van der Waals surface area contributed by atoms with E-state index in [4.69, 9.17) is 4.74 Å². The van der Waals surface area contributed by atoms with Gasteiger partial charge in [-0.15, -0.1) is 0 Å². The van der Waals surface area contributed by atoms with Crippen LogP contribution in [0, 0.1) is 0 Å². The number of para-hydroxylation sites is 2. The third-order valence-corrected chi connectivity index (χ3v) is 2.07. The van der Waals surface area contributed by atoms with Gasteiger partial charge in [0.05, 0.1) is 6.61 Å². The first-order valence-corrected chi connectivity index (χ1v) is 6.13.